The van der Waals surface area contributed by atoms with E-state index < -0.39 is 0 Å². The van der Waals surface area contributed by atoms with Crippen molar-refractivity contribution in [3.05, 3.63) is 11.5 Å². The standard InChI is InChI=1S/C16H25ClN4/c1-3-21-16-15(12(2)19-21)18-14(9-10-17)20(16)11-13-7-5-4-6-8-13/h13H,3-11H2,1-2H3. The van der Waals surface area contributed by atoms with Gasteiger partial charge in [-0.25, -0.2) is 9.67 Å². The minimum atomic E-state index is 0.628. The van der Waals surface area contributed by atoms with Crippen LogP contribution in [0.3, 0.4) is 0 Å². The van der Waals surface area contributed by atoms with Gasteiger partial charge in [0.2, 0.25) is 0 Å². The number of halogens is 1. The van der Waals surface area contributed by atoms with Gasteiger partial charge >= 0.3 is 0 Å². The number of hydrogen-bond acceptors (Lipinski definition) is 2. The average molecular weight is 309 g/mol. The zero-order valence-electron chi connectivity index (χ0n) is 13.1. The van der Waals surface area contributed by atoms with Crippen molar-refractivity contribution >= 4 is 22.8 Å². The Bertz CT molecular complexity index is 607. The van der Waals surface area contributed by atoms with Crippen molar-refractivity contribution in [3.63, 3.8) is 0 Å². The van der Waals surface area contributed by atoms with E-state index in [2.05, 4.69) is 28.2 Å². The molecule has 0 spiro atoms. The number of alkyl halides is 1. The Hall–Kier alpha value is -1.03. The van der Waals surface area contributed by atoms with Gasteiger partial charge in [-0.2, -0.15) is 5.10 Å². The lowest BCUT2D eigenvalue weighted by Gasteiger charge is -2.23. The zero-order chi connectivity index (χ0) is 14.8. The number of nitrogens with zero attached hydrogens (tertiary/aromatic N) is 4. The van der Waals surface area contributed by atoms with E-state index >= 15 is 0 Å². The second-order valence-electron chi connectivity index (χ2n) is 6.16. The Morgan fingerprint density at radius 2 is 2.00 bits per heavy atom. The van der Waals surface area contributed by atoms with Gasteiger partial charge in [0.05, 0.1) is 5.69 Å². The van der Waals surface area contributed by atoms with E-state index in [0.29, 0.717) is 5.88 Å². The Labute approximate surface area is 131 Å². The molecule has 0 radical (unpaired) electrons. The van der Waals surface area contributed by atoms with Crippen LogP contribution in [0, 0.1) is 12.8 Å². The summed E-state index contributed by atoms with van der Waals surface area (Å²) in [5.41, 5.74) is 3.29. The summed E-state index contributed by atoms with van der Waals surface area (Å²) in [6.45, 7) is 6.16. The highest BCUT2D eigenvalue weighted by atomic mass is 35.5. The summed E-state index contributed by atoms with van der Waals surface area (Å²) in [6.07, 6.45) is 7.68. The summed E-state index contributed by atoms with van der Waals surface area (Å²) in [4.78, 5) is 4.83. The van der Waals surface area contributed by atoms with Crippen LogP contribution in [-0.4, -0.2) is 25.2 Å². The van der Waals surface area contributed by atoms with E-state index in [1.54, 1.807) is 0 Å². The van der Waals surface area contributed by atoms with E-state index in [1.165, 1.54) is 37.8 Å². The smallest absolute Gasteiger partial charge is 0.158 e. The molecule has 116 valence electrons. The van der Waals surface area contributed by atoms with Gasteiger partial charge in [0.1, 0.15) is 11.3 Å². The third kappa shape index (κ3) is 2.83. The van der Waals surface area contributed by atoms with Gasteiger partial charge in [-0.15, -0.1) is 11.6 Å². The molecule has 0 bridgehead atoms. The molecule has 2 aromatic rings. The van der Waals surface area contributed by atoms with Gasteiger partial charge in [0.25, 0.3) is 0 Å². The monoisotopic (exact) mass is 308 g/mol. The Morgan fingerprint density at radius 1 is 1.24 bits per heavy atom. The number of aryl methyl sites for hydroxylation is 3. The molecule has 0 saturated heterocycles. The molecule has 1 aliphatic rings. The molecule has 1 saturated carbocycles. The van der Waals surface area contributed by atoms with Crippen LogP contribution in [-0.2, 0) is 19.5 Å². The summed E-state index contributed by atoms with van der Waals surface area (Å²) in [5.74, 6) is 2.54. The maximum Gasteiger partial charge on any atom is 0.158 e. The summed E-state index contributed by atoms with van der Waals surface area (Å²) in [6, 6.07) is 0. The zero-order valence-corrected chi connectivity index (χ0v) is 13.9. The molecule has 2 heterocycles. The van der Waals surface area contributed by atoms with E-state index in [9.17, 15) is 0 Å². The van der Waals surface area contributed by atoms with Crippen LogP contribution >= 0.6 is 11.6 Å². The molecule has 1 fully saturated rings. The molecule has 2 aromatic heterocycles. The summed E-state index contributed by atoms with van der Waals surface area (Å²) in [5, 5.41) is 4.62. The maximum absolute atomic E-state index is 5.98. The predicted octanol–water partition coefficient (Wildman–Crippen LogP) is 3.92. The SMILES string of the molecule is CCn1nc(C)c2nc(CCCl)n(CC3CCCCC3)c21. The molecular weight excluding hydrogens is 284 g/mol. The van der Waals surface area contributed by atoms with Crippen LogP contribution in [0.25, 0.3) is 11.2 Å². The quantitative estimate of drug-likeness (QED) is 0.785. The first kappa shape index (κ1) is 14.9. The highest BCUT2D eigenvalue weighted by molar-refractivity contribution is 6.17. The van der Waals surface area contributed by atoms with Crippen molar-refractivity contribution < 1.29 is 0 Å². The van der Waals surface area contributed by atoms with E-state index in [-0.39, 0.29) is 0 Å². The van der Waals surface area contributed by atoms with E-state index in [1.807, 2.05) is 0 Å². The lowest BCUT2D eigenvalue weighted by molar-refractivity contribution is 0.317. The van der Waals surface area contributed by atoms with Gasteiger partial charge in [0, 0.05) is 25.4 Å². The fourth-order valence-corrected chi connectivity index (χ4v) is 3.75. The van der Waals surface area contributed by atoms with Crippen molar-refractivity contribution in [1.82, 2.24) is 19.3 Å². The van der Waals surface area contributed by atoms with Gasteiger partial charge in [0.15, 0.2) is 5.65 Å². The topological polar surface area (TPSA) is 35.6 Å². The van der Waals surface area contributed by atoms with Gasteiger partial charge < -0.3 is 4.57 Å². The summed E-state index contributed by atoms with van der Waals surface area (Å²) in [7, 11) is 0. The summed E-state index contributed by atoms with van der Waals surface area (Å²) < 4.78 is 4.50. The first-order valence-electron chi connectivity index (χ1n) is 8.23. The van der Waals surface area contributed by atoms with E-state index in [4.69, 9.17) is 16.6 Å². The van der Waals surface area contributed by atoms with Crippen LogP contribution in [0.15, 0.2) is 0 Å². The molecule has 5 heteroatoms. The van der Waals surface area contributed by atoms with Crippen LogP contribution < -0.4 is 0 Å². The van der Waals surface area contributed by atoms with Crippen molar-refractivity contribution in [1.29, 1.82) is 0 Å². The van der Waals surface area contributed by atoms with Crippen LogP contribution in [0.1, 0.15) is 50.5 Å². The average Bonchev–Trinajstić information content (AvgIpc) is 3.00. The van der Waals surface area contributed by atoms with Gasteiger partial charge in [-0.3, -0.25) is 0 Å². The van der Waals surface area contributed by atoms with Crippen molar-refractivity contribution in [2.75, 3.05) is 5.88 Å². The third-order valence-corrected chi connectivity index (χ3v) is 4.85. The molecule has 4 nitrogen and oxygen atoms in total. The Balaban J connectivity index is 2.01. The minimum absolute atomic E-state index is 0.628. The molecular formula is C16H25ClN4. The number of hydrogen-bond donors (Lipinski definition) is 0. The molecule has 0 amide bonds. The van der Waals surface area contributed by atoms with Crippen LogP contribution in [0.2, 0.25) is 0 Å². The second-order valence-corrected chi connectivity index (χ2v) is 6.53. The number of imidazole rings is 1. The highest BCUT2D eigenvalue weighted by Gasteiger charge is 2.21. The van der Waals surface area contributed by atoms with Crippen LogP contribution in [0.4, 0.5) is 0 Å². The summed E-state index contributed by atoms with van der Waals surface area (Å²) >= 11 is 5.98. The third-order valence-electron chi connectivity index (χ3n) is 4.66. The first-order valence-corrected chi connectivity index (χ1v) is 8.76. The van der Waals surface area contributed by atoms with Crippen LogP contribution in [0.5, 0.6) is 0 Å². The fourth-order valence-electron chi connectivity index (χ4n) is 3.59. The lowest BCUT2D eigenvalue weighted by Crippen LogP contribution is -2.18. The molecule has 0 atom stereocenters. The lowest BCUT2D eigenvalue weighted by atomic mass is 9.89. The molecule has 3 rings (SSSR count). The van der Waals surface area contributed by atoms with Gasteiger partial charge in [-0.05, 0) is 32.6 Å². The van der Waals surface area contributed by atoms with Crippen molar-refractivity contribution in [3.8, 4) is 0 Å². The minimum Gasteiger partial charge on any atom is -0.313 e. The normalized spacial score (nSPS) is 16.9. The Morgan fingerprint density at radius 3 is 2.67 bits per heavy atom. The van der Waals surface area contributed by atoms with E-state index in [0.717, 1.165) is 42.5 Å². The molecule has 0 N–H and O–H groups in total. The maximum atomic E-state index is 5.98. The van der Waals surface area contributed by atoms with Crippen molar-refractivity contribution in [2.45, 2.75) is 65.5 Å². The first-order chi connectivity index (χ1) is 10.2. The second kappa shape index (κ2) is 6.39. The number of aromatic nitrogens is 4. The largest absolute Gasteiger partial charge is 0.313 e. The molecule has 0 unspecified atom stereocenters. The van der Waals surface area contributed by atoms with Crippen molar-refractivity contribution in [2.24, 2.45) is 5.92 Å². The molecule has 21 heavy (non-hydrogen) atoms. The highest BCUT2D eigenvalue weighted by Crippen LogP contribution is 2.28. The van der Waals surface area contributed by atoms with Gasteiger partial charge in [-0.1, -0.05) is 19.3 Å². The predicted molar refractivity (Wildman–Crippen MR) is 86.9 cm³/mol. The molecule has 1 aliphatic carbocycles. The Kier molecular flexibility index (Phi) is 4.53. The fraction of sp³-hybridized carbons (Fsp3) is 0.750. The molecule has 0 aliphatic heterocycles. The number of rotatable bonds is 5. The number of fused-ring (bicyclic) bond motifs is 1. The molecule has 0 aromatic carbocycles.